The Morgan fingerprint density at radius 1 is 1.47 bits per heavy atom. The molecule has 1 fully saturated rings. The zero-order chi connectivity index (χ0) is 13.8. The summed E-state index contributed by atoms with van der Waals surface area (Å²) in [6, 6.07) is 0.467. The van der Waals surface area contributed by atoms with Crippen molar-refractivity contribution in [2.24, 2.45) is 0 Å². The first-order valence-corrected chi connectivity index (χ1v) is 6.93. The molecule has 19 heavy (non-hydrogen) atoms. The van der Waals surface area contributed by atoms with Gasteiger partial charge >= 0.3 is 0 Å². The van der Waals surface area contributed by atoms with E-state index in [1.807, 2.05) is 0 Å². The predicted molar refractivity (Wildman–Crippen MR) is 74.2 cm³/mol. The number of thiazole rings is 1. The molecule has 1 aromatic rings. The van der Waals surface area contributed by atoms with E-state index in [1.165, 1.54) is 11.3 Å². The third-order valence-corrected chi connectivity index (χ3v) is 3.68. The number of amides is 2. The van der Waals surface area contributed by atoms with Gasteiger partial charge in [-0.2, -0.15) is 0 Å². The lowest BCUT2D eigenvalue weighted by atomic mass is 10.4. The Labute approximate surface area is 115 Å². The summed E-state index contributed by atoms with van der Waals surface area (Å²) in [6.45, 7) is 0.279. The van der Waals surface area contributed by atoms with Crippen molar-refractivity contribution in [3.05, 3.63) is 4.88 Å². The Bertz CT molecular complexity index is 483. The molecule has 2 rings (SSSR count). The lowest BCUT2D eigenvalue weighted by Gasteiger charge is -2.02. The quantitative estimate of drug-likeness (QED) is 0.595. The van der Waals surface area contributed by atoms with E-state index >= 15 is 0 Å². The van der Waals surface area contributed by atoms with E-state index in [0.29, 0.717) is 16.1 Å². The zero-order valence-electron chi connectivity index (χ0n) is 10.7. The van der Waals surface area contributed by atoms with Gasteiger partial charge in [-0.15, -0.1) is 0 Å². The van der Waals surface area contributed by atoms with Crippen molar-refractivity contribution in [2.75, 3.05) is 24.6 Å². The minimum absolute atomic E-state index is 0.117. The number of hydrogen-bond donors (Lipinski definition) is 4. The number of anilines is 2. The molecule has 0 spiro atoms. The number of carbonyl (C=O) groups is 2. The minimum atomic E-state index is -0.289. The number of nitrogens with zero attached hydrogens (tertiary/aromatic N) is 1. The van der Waals surface area contributed by atoms with Crippen LogP contribution in [0.15, 0.2) is 0 Å². The van der Waals surface area contributed by atoms with Crippen molar-refractivity contribution in [1.82, 2.24) is 15.6 Å². The van der Waals surface area contributed by atoms with Crippen molar-refractivity contribution in [2.45, 2.75) is 25.3 Å². The van der Waals surface area contributed by atoms with E-state index < -0.39 is 0 Å². The number of rotatable bonds is 6. The highest BCUT2D eigenvalue weighted by Crippen LogP contribution is 2.30. The molecule has 1 heterocycles. The van der Waals surface area contributed by atoms with Gasteiger partial charge in [-0.1, -0.05) is 11.3 Å². The molecule has 104 valence electrons. The lowest BCUT2D eigenvalue weighted by Crippen LogP contribution is -2.29. The Morgan fingerprint density at radius 2 is 2.21 bits per heavy atom. The van der Waals surface area contributed by atoms with Gasteiger partial charge in [-0.05, 0) is 12.8 Å². The Balaban J connectivity index is 1.87. The molecule has 0 bridgehead atoms. The average Bonchev–Trinajstić information content (AvgIpc) is 3.11. The van der Waals surface area contributed by atoms with Crippen LogP contribution in [0.25, 0.3) is 0 Å². The molecule has 5 N–H and O–H groups in total. The maximum atomic E-state index is 11.9. The van der Waals surface area contributed by atoms with Crippen LogP contribution in [0.2, 0.25) is 0 Å². The third-order valence-electron chi connectivity index (χ3n) is 2.68. The van der Waals surface area contributed by atoms with Gasteiger partial charge in [-0.3, -0.25) is 9.59 Å². The molecule has 0 atom stereocenters. The topological polar surface area (TPSA) is 109 Å². The Hall–Kier alpha value is -1.83. The molecule has 0 saturated heterocycles. The van der Waals surface area contributed by atoms with Crippen LogP contribution in [0.4, 0.5) is 10.9 Å². The van der Waals surface area contributed by atoms with Crippen LogP contribution in [0.5, 0.6) is 0 Å². The molecule has 0 radical (unpaired) electrons. The summed E-state index contributed by atoms with van der Waals surface area (Å²) >= 11 is 1.24. The average molecular weight is 283 g/mol. The van der Waals surface area contributed by atoms with Crippen LogP contribution < -0.4 is 21.7 Å². The van der Waals surface area contributed by atoms with Gasteiger partial charge in [0.15, 0.2) is 5.13 Å². The van der Waals surface area contributed by atoms with Gasteiger partial charge in [0.1, 0.15) is 10.7 Å². The van der Waals surface area contributed by atoms with Gasteiger partial charge in [0, 0.05) is 26.1 Å². The molecule has 1 aromatic heterocycles. The van der Waals surface area contributed by atoms with Crippen molar-refractivity contribution in [1.29, 1.82) is 0 Å². The molecule has 8 heteroatoms. The fraction of sp³-hybridized carbons (Fsp3) is 0.545. The number of carbonyl (C=O) groups excluding carboxylic acids is 2. The Morgan fingerprint density at radius 3 is 2.84 bits per heavy atom. The molecule has 0 aromatic carbocycles. The fourth-order valence-corrected chi connectivity index (χ4v) is 2.33. The highest BCUT2D eigenvalue weighted by atomic mass is 32.1. The number of hydrogen-bond acceptors (Lipinski definition) is 6. The number of nitrogens with two attached hydrogens (primary N) is 1. The normalized spacial score (nSPS) is 13.9. The van der Waals surface area contributed by atoms with E-state index in [1.54, 1.807) is 7.05 Å². The van der Waals surface area contributed by atoms with Crippen molar-refractivity contribution >= 4 is 34.1 Å². The second-order valence-electron chi connectivity index (χ2n) is 4.33. The Kier molecular flexibility index (Phi) is 4.20. The second kappa shape index (κ2) is 5.87. The van der Waals surface area contributed by atoms with Crippen LogP contribution in [0.3, 0.4) is 0 Å². The molecule has 1 saturated carbocycles. The fourth-order valence-electron chi connectivity index (χ4n) is 1.45. The SMILES string of the molecule is CNC(=O)CCNC(=O)c1sc(NC2CC2)nc1N. The van der Waals surface area contributed by atoms with Crippen LogP contribution in [-0.2, 0) is 4.79 Å². The van der Waals surface area contributed by atoms with Crippen LogP contribution >= 0.6 is 11.3 Å². The molecule has 1 aliphatic rings. The largest absolute Gasteiger partial charge is 0.382 e. The van der Waals surface area contributed by atoms with Crippen LogP contribution in [-0.4, -0.2) is 36.4 Å². The summed E-state index contributed by atoms with van der Waals surface area (Å²) in [4.78, 5) is 27.4. The first-order chi connectivity index (χ1) is 9.10. The van der Waals surface area contributed by atoms with E-state index in [9.17, 15) is 9.59 Å². The molecule has 1 aliphatic carbocycles. The third kappa shape index (κ3) is 3.82. The predicted octanol–water partition coefficient (Wildman–Crippen LogP) is 0.165. The van der Waals surface area contributed by atoms with Crippen molar-refractivity contribution in [3.8, 4) is 0 Å². The van der Waals surface area contributed by atoms with Crippen LogP contribution in [0, 0.1) is 0 Å². The first kappa shape index (κ1) is 13.6. The highest BCUT2D eigenvalue weighted by Gasteiger charge is 2.24. The monoisotopic (exact) mass is 283 g/mol. The maximum absolute atomic E-state index is 11.9. The van der Waals surface area contributed by atoms with Crippen LogP contribution in [0.1, 0.15) is 28.9 Å². The molecule has 2 amide bonds. The maximum Gasteiger partial charge on any atom is 0.265 e. The summed E-state index contributed by atoms with van der Waals surface area (Å²) in [5.41, 5.74) is 5.72. The van der Waals surface area contributed by atoms with Gasteiger partial charge in [-0.25, -0.2) is 4.98 Å². The molecule has 0 unspecified atom stereocenters. The van der Waals surface area contributed by atoms with E-state index in [2.05, 4.69) is 20.9 Å². The highest BCUT2D eigenvalue weighted by molar-refractivity contribution is 7.18. The van der Waals surface area contributed by atoms with E-state index in [-0.39, 0.29) is 30.6 Å². The molecular weight excluding hydrogens is 266 g/mol. The minimum Gasteiger partial charge on any atom is -0.382 e. The smallest absolute Gasteiger partial charge is 0.265 e. The van der Waals surface area contributed by atoms with Gasteiger partial charge in [0.05, 0.1) is 0 Å². The molecular formula is C11H17N5O2S. The number of nitrogens with one attached hydrogen (secondary N) is 3. The molecule has 0 aliphatic heterocycles. The molecule has 7 nitrogen and oxygen atoms in total. The first-order valence-electron chi connectivity index (χ1n) is 6.11. The van der Waals surface area contributed by atoms with Gasteiger partial charge < -0.3 is 21.7 Å². The standard InChI is InChI=1S/C11H17N5O2S/c1-13-7(17)4-5-14-10(18)8-9(12)16-11(19-8)15-6-2-3-6/h6H,2-5,12H2,1H3,(H,13,17)(H,14,18)(H,15,16). The number of nitrogen functional groups attached to an aromatic ring is 1. The van der Waals surface area contributed by atoms with Crippen molar-refractivity contribution < 1.29 is 9.59 Å². The number of aromatic nitrogens is 1. The van der Waals surface area contributed by atoms with E-state index in [4.69, 9.17) is 5.73 Å². The summed E-state index contributed by atoms with van der Waals surface area (Å²) in [5.74, 6) is -0.179. The summed E-state index contributed by atoms with van der Waals surface area (Å²) < 4.78 is 0. The second-order valence-corrected chi connectivity index (χ2v) is 5.33. The van der Waals surface area contributed by atoms with E-state index in [0.717, 1.165) is 12.8 Å². The summed E-state index contributed by atoms with van der Waals surface area (Å²) in [7, 11) is 1.56. The lowest BCUT2D eigenvalue weighted by molar-refractivity contribution is -0.120. The summed E-state index contributed by atoms with van der Waals surface area (Å²) in [6.07, 6.45) is 2.51. The summed E-state index contributed by atoms with van der Waals surface area (Å²) in [5, 5.41) is 9.01. The zero-order valence-corrected chi connectivity index (χ0v) is 11.5. The van der Waals surface area contributed by atoms with Gasteiger partial charge in [0.2, 0.25) is 5.91 Å². The van der Waals surface area contributed by atoms with Gasteiger partial charge in [0.25, 0.3) is 5.91 Å². The van der Waals surface area contributed by atoms with Crippen molar-refractivity contribution in [3.63, 3.8) is 0 Å².